The summed E-state index contributed by atoms with van der Waals surface area (Å²) in [7, 11) is 0. The molecule has 0 saturated heterocycles. The Morgan fingerprint density at radius 1 is 1.02 bits per heavy atom. The van der Waals surface area contributed by atoms with Crippen molar-refractivity contribution in [3.05, 3.63) is 57.2 Å². The average Bonchev–Trinajstić information content (AvgIpc) is 3.48. The number of amides is 2. The highest BCUT2D eigenvalue weighted by Crippen LogP contribution is 2.34. The molecule has 0 fully saturated rings. The molecule has 2 aromatic heterocycles. The molecule has 0 aliphatic carbocycles. The number of esters is 2. The number of thiophene rings is 1. The van der Waals surface area contributed by atoms with E-state index >= 15 is 0 Å². The van der Waals surface area contributed by atoms with E-state index in [4.69, 9.17) is 9.47 Å². The maximum absolute atomic E-state index is 13.0. The van der Waals surface area contributed by atoms with E-state index in [-0.39, 0.29) is 46.9 Å². The van der Waals surface area contributed by atoms with Crippen LogP contribution in [-0.4, -0.2) is 57.5 Å². The van der Waals surface area contributed by atoms with Crippen LogP contribution in [0.25, 0.3) is 0 Å². The van der Waals surface area contributed by atoms with E-state index in [0.29, 0.717) is 28.7 Å². The zero-order valence-corrected chi connectivity index (χ0v) is 25.5. The molecule has 41 heavy (non-hydrogen) atoms. The van der Waals surface area contributed by atoms with Crippen molar-refractivity contribution in [2.45, 2.75) is 65.7 Å². The highest BCUT2D eigenvalue weighted by atomic mass is 32.2. The Labute approximate surface area is 247 Å². The van der Waals surface area contributed by atoms with Crippen LogP contribution in [0, 0.1) is 13.8 Å². The molecule has 0 bridgehead atoms. The molecule has 0 aliphatic rings. The van der Waals surface area contributed by atoms with Crippen molar-refractivity contribution >= 4 is 51.9 Å². The summed E-state index contributed by atoms with van der Waals surface area (Å²) in [5.74, 6) is -1.24. The summed E-state index contributed by atoms with van der Waals surface area (Å²) in [6, 6.07) is 7.32. The highest BCUT2D eigenvalue weighted by molar-refractivity contribution is 7.99. The number of anilines is 1. The summed E-state index contributed by atoms with van der Waals surface area (Å²) in [4.78, 5) is 50.8. The van der Waals surface area contributed by atoms with Crippen molar-refractivity contribution in [1.29, 1.82) is 0 Å². The Balaban J connectivity index is 1.72. The van der Waals surface area contributed by atoms with Crippen molar-refractivity contribution in [2.75, 3.05) is 24.3 Å². The molecule has 3 rings (SSSR count). The average molecular weight is 602 g/mol. The first-order chi connectivity index (χ1) is 19.7. The van der Waals surface area contributed by atoms with Crippen LogP contribution in [0.3, 0.4) is 0 Å². The Bertz CT molecular complexity index is 1400. The van der Waals surface area contributed by atoms with Gasteiger partial charge in [0.2, 0.25) is 5.91 Å². The van der Waals surface area contributed by atoms with Gasteiger partial charge in [-0.3, -0.25) is 9.59 Å². The Morgan fingerprint density at radius 2 is 1.76 bits per heavy atom. The number of benzene rings is 1. The molecule has 2 heterocycles. The molecule has 2 N–H and O–H groups in total. The predicted octanol–water partition coefficient (Wildman–Crippen LogP) is 4.77. The van der Waals surface area contributed by atoms with Gasteiger partial charge in [0.25, 0.3) is 5.91 Å². The molecule has 3 aromatic rings. The van der Waals surface area contributed by atoms with Crippen LogP contribution in [-0.2, 0) is 27.4 Å². The minimum absolute atomic E-state index is 0.0200. The molecule has 0 unspecified atom stereocenters. The van der Waals surface area contributed by atoms with Crippen LogP contribution < -0.4 is 10.6 Å². The number of carbonyl (C=O) groups excluding carboxylic acids is 4. The van der Waals surface area contributed by atoms with E-state index < -0.39 is 17.8 Å². The van der Waals surface area contributed by atoms with Crippen LogP contribution >= 0.6 is 23.1 Å². The van der Waals surface area contributed by atoms with E-state index in [1.54, 1.807) is 26.8 Å². The number of nitrogens with zero attached hydrogens (tertiary/aromatic N) is 3. The number of hydrogen-bond acceptors (Lipinski definition) is 10. The zero-order chi connectivity index (χ0) is 29.9. The lowest BCUT2D eigenvalue weighted by Crippen LogP contribution is -2.25. The largest absolute Gasteiger partial charge is 0.462 e. The first-order valence-corrected chi connectivity index (χ1v) is 15.2. The van der Waals surface area contributed by atoms with E-state index in [0.717, 1.165) is 29.7 Å². The molecule has 1 aromatic carbocycles. The highest BCUT2D eigenvalue weighted by Gasteiger charge is 2.27. The minimum atomic E-state index is -0.628. The van der Waals surface area contributed by atoms with Crippen molar-refractivity contribution in [3.63, 3.8) is 0 Å². The summed E-state index contributed by atoms with van der Waals surface area (Å²) in [5.41, 5.74) is 2.08. The normalized spacial score (nSPS) is 10.8. The Hall–Kier alpha value is -3.71. The van der Waals surface area contributed by atoms with E-state index in [1.807, 2.05) is 29.7 Å². The fraction of sp³-hybridized carbons (Fsp3) is 0.429. The van der Waals surface area contributed by atoms with Crippen molar-refractivity contribution in [1.82, 2.24) is 20.1 Å². The number of thioether (sulfide) groups is 1. The second kappa shape index (κ2) is 15.3. The lowest BCUT2D eigenvalue weighted by Gasteiger charge is -2.11. The third-order valence-corrected chi connectivity index (χ3v) is 8.04. The summed E-state index contributed by atoms with van der Waals surface area (Å²) >= 11 is 2.16. The van der Waals surface area contributed by atoms with Gasteiger partial charge in [0, 0.05) is 12.1 Å². The second-order valence-electron chi connectivity index (χ2n) is 8.99. The molecule has 0 radical (unpaired) electrons. The van der Waals surface area contributed by atoms with Gasteiger partial charge < -0.3 is 24.7 Å². The van der Waals surface area contributed by atoms with Gasteiger partial charge in [-0.05, 0) is 51.8 Å². The van der Waals surface area contributed by atoms with Crippen LogP contribution in [0.2, 0.25) is 0 Å². The second-order valence-corrected chi connectivity index (χ2v) is 11.0. The van der Waals surface area contributed by atoms with Gasteiger partial charge >= 0.3 is 11.9 Å². The topological polar surface area (TPSA) is 142 Å². The number of aryl methyl sites for hydroxylation is 1. The van der Waals surface area contributed by atoms with E-state index in [2.05, 4.69) is 27.8 Å². The molecule has 13 heteroatoms. The Kier molecular flexibility index (Phi) is 11.9. The molecule has 220 valence electrons. The SMILES string of the molecule is CCCCn1c(CNC(=O)c2cccc(C)c2)nnc1SCC(=O)Nc1sc(C(=O)OCC)c(C)c1C(=O)OCC. The molecule has 0 saturated carbocycles. The van der Waals surface area contributed by atoms with Crippen molar-refractivity contribution in [3.8, 4) is 0 Å². The molecule has 11 nitrogen and oxygen atoms in total. The molecular formula is C28H35N5O6S2. The number of unbranched alkanes of at least 4 members (excludes halogenated alkanes) is 1. The van der Waals surface area contributed by atoms with Crippen molar-refractivity contribution in [2.24, 2.45) is 0 Å². The summed E-state index contributed by atoms with van der Waals surface area (Å²) < 4.78 is 12.1. The standard InChI is InChI=1S/C28H35N5O6S2/c1-6-9-13-33-20(15-29-24(35)19-12-10-11-17(4)14-19)31-32-28(33)40-16-21(34)30-25-22(26(36)38-7-2)18(5)23(41-25)27(37)39-8-3/h10-12,14H,6-9,13,15-16H2,1-5H3,(H,29,35)(H,30,34). The van der Waals surface area contributed by atoms with Gasteiger partial charge in [0.1, 0.15) is 9.88 Å². The quantitative estimate of drug-likeness (QED) is 0.197. The predicted molar refractivity (Wildman–Crippen MR) is 158 cm³/mol. The minimum Gasteiger partial charge on any atom is -0.462 e. The number of aromatic nitrogens is 3. The maximum atomic E-state index is 13.0. The number of rotatable bonds is 14. The van der Waals surface area contributed by atoms with Gasteiger partial charge in [-0.1, -0.05) is 42.8 Å². The first kappa shape index (κ1) is 31.8. The third-order valence-electron chi connectivity index (χ3n) is 5.89. The van der Waals surface area contributed by atoms with Crippen LogP contribution in [0.15, 0.2) is 29.4 Å². The third kappa shape index (κ3) is 8.40. The fourth-order valence-electron chi connectivity index (χ4n) is 3.88. The first-order valence-electron chi connectivity index (χ1n) is 13.4. The van der Waals surface area contributed by atoms with Crippen molar-refractivity contribution < 1.29 is 28.7 Å². The van der Waals surface area contributed by atoms with Gasteiger partial charge in [0.15, 0.2) is 11.0 Å². The number of carbonyl (C=O) groups is 4. The molecule has 0 atom stereocenters. The number of hydrogen-bond donors (Lipinski definition) is 2. The van der Waals surface area contributed by atoms with Crippen LogP contribution in [0.4, 0.5) is 5.00 Å². The van der Waals surface area contributed by atoms with Gasteiger partial charge in [-0.25, -0.2) is 9.59 Å². The lowest BCUT2D eigenvalue weighted by molar-refractivity contribution is -0.113. The van der Waals surface area contributed by atoms with Gasteiger partial charge in [-0.2, -0.15) is 0 Å². The van der Waals surface area contributed by atoms with Gasteiger partial charge in [0.05, 0.1) is 31.1 Å². The Morgan fingerprint density at radius 3 is 2.44 bits per heavy atom. The monoisotopic (exact) mass is 601 g/mol. The van der Waals surface area contributed by atoms with E-state index in [1.165, 1.54) is 11.8 Å². The summed E-state index contributed by atoms with van der Waals surface area (Å²) in [6.45, 7) is 10.1. The zero-order valence-electron chi connectivity index (χ0n) is 23.9. The van der Waals surface area contributed by atoms with E-state index in [9.17, 15) is 19.2 Å². The summed E-state index contributed by atoms with van der Waals surface area (Å²) in [5, 5.41) is 14.9. The van der Waals surface area contributed by atoms with Crippen LogP contribution in [0.5, 0.6) is 0 Å². The molecule has 2 amide bonds. The fourth-order valence-corrected chi connectivity index (χ4v) is 5.77. The number of nitrogens with one attached hydrogen (secondary N) is 2. The molecule has 0 spiro atoms. The molecular weight excluding hydrogens is 566 g/mol. The lowest BCUT2D eigenvalue weighted by atomic mass is 10.1. The van der Waals surface area contributed by atoms with Gasteiger partial charge in [-0.15, -0.1) is 21.5 Å². The maximum Gasteiger partial charge on any atom is 0.348 e. The number of ether oxygens (including phenoxy) is 2. The van der Waals surface area contributed by atoms with Crippen LogP contribution in [0.1, 0.15) is 81.0 Å². The summed E-state index contributed by atoms with van der Waals surface area (Å²) in [6.07, 6.45) is 1.81. The smallest absolute Gasteiger partial charge is 0.348 e. The molecule has 0 aliphatic heterocycles.